The van der Waals surface area contributed by atoms with Gasteiger partial charge in [-0.05, 0) is 30.7 Å². The first kappa shape index (κ1) is 20.5. The Morgan fingerprint density at radius 3 is 2.74 bits per heavy atom. The first-order valence-electron chi connectivity index (χ1n) is 9.42. The van der Waals surface area contributed by atoms with Gasteiger partial charge < -0.3 is 19.3 Å². The molecule has 1 atom stereocenters. The third-order valence-electron chi connectivity index (χ3n) is 4.48. The van der Waals surface area contributed by atoms with Crippen LogP contribution in [0.1, 0.15) is 32.9 Å². The van der Waals surface area contributed by atoms with Gasteiger partial charge in [0.15, 0.2) is 17.5 Å². The summed E-state index contributed by atoms with van der Waals surface area (Å²) in [5.41, 5.74) is 1.56. The molecular formula is C22H19N3O5S. The second-order valence-electron chi connectivity index (χ2n) is 6.67. The first-order chi connectivity index (χ1) is 15.0. The van der Waals surface area contributed by atoms with Gasteiger partial charge in [0.2, 0.25) is 0 Å². The summed E-state index contributed by atoms with van der Waals surface area (Å²) in [5, 5.41) is 7.40. The predicted molar refractivity (Wildman–Crippen MR) is 114 cm³/mol. The number of aryl methyl sites for hydroxylation is 1. The van der Waals surface area contributed by atoms with Crippen LogP contribution in [0.25, 0.3) is 10.2 Å². The average Bonchev–Trinajstić information content (AvgIpc) is 3.41. The van der Waals surface area contributed by atoms with E-state index >= 15 is 0 Å². The maximum Gasteiger partial charge on any atom is 0.333 e. The quantitative estimate of drug-likeness (QED) is 0.438. The van der Waals surface area contributed by atoms with E-state index in [2.05, 4.69) is 15.5 Å². The Labute approximate surface area is 181 Å². The molecule has 0 radical (unpaired) electrons. The molecule has 0 fully saturated rings. The van der Waals surface area contributed by atoms with Crippen molar-refractivity contribution in [1.82, 2.24) is 15.5 Å². The highest BCUT2D eigenvalue weighted by molar-refractivity contribution is 7.18. The van der Waals surface area contributed by atoms with E-state index in [1.54, 1.807) is 35.6 Å². The van der Waals surface area contributed by atoms with Crippen LogP contribution in [0.4, 0.5) is 0 Å². The zero-order valence-corrected chi connectivity index (χ0v) is 17.6. The fraction of sp³-hybridized carbons (Fsp3) is 0.182. The maximum atomic E-state index is 12.6. The van der Waals surface area contributed by atoms with Crippen molar-refractivity contribution in [2.45, 2.75) is 19.6 Å². The summed E-state index contributed by atoms with van der Waals surface area (Å²) in [6, 6.07) is 15.0. The smallest absolute Gasteiger partial charge is 0.333 e. The molecule has 0 aliphatic heterocycles. The number of nitrogens with zero attached hydrogens (tertiary/aromatic N) is 2. The number of thiazole rings is 1. The molecule has 0 aliphatic carbocycles. The lowest BCUT2D eigenvalue weighted by Gasteiger charge is -2.15. The van der Waals surface area contributed by atoms with Gasteiger partial charge in [0.25, 0.3) is 5.91 Å². The molecule has 1 N–H and O–H groups in total. The van der Waals surface area contributed by atoms with Crippen LogP contribution < -0.4 is 10.1 Å². The maximum absolute atomic E-state index is 12.6. The second kappa shape index (κ2) is 8.97. The minimum atomic E-state index is -0.954. The van der Waals surface area contributed by atoms with E-state index < -0.39 is 17.9 Å². The van der Waals surface area contributed by atoms with E-state index in [1.807, 2.05) is 31.2 Å². The number of hydrogen-bond acceptors (Lipinski definition) is 8. The van der Waals surface area contributed by atoms with Crippen molar-refractivity contribution >= 4 is 33.4 Å². The number of amides is 1. The molecule has 0 saturated carbocycles. The van der Waals surface area contributed by atoms with E-state index in [9.17, 15) is 9.59 Å². The lowest BCUT2D eigenvalue weighted by Crippen LogP contribution is -2.34. The van der Waals surface area contributed by atoms with Gasteiger partial charge in [0.1, 0.15) is 12.4 Å². The number of ether oxygens (including phenoxy) is 2. The van der Waals surface area contributed by atoms with E-state index in [0.29, 0.717) is 17.1 Å². The van der Waals surface area contributed by atoms with Gasteiger partial charge in [-0.2, -0.15) is 0 Å². The Morgan fingerprint density at radius 1 is 1.16 bits per heavy atom. The number of carbonyl (C=O) groups is 2. The number of esters is 1. The number of carbonyl (C=O) groups excluding carboxylic acids is 2. The number of hydrogen-bond donors (Lipinski definition) is 1. The molecule has 2 aromatic carbocycles. The summed E-state index contributed by atoms with van der Waals surface area (Å²) in [6.07, 6.45) is 0. The molecule has 9 heteroatoms. The molecule has 2 heterocycles. The predicted octanol–water partition coefficient (Wildman–Crippen LogP) is 3.82. The molecule has 8 nitrogen and oxygen atoms in total. The zero-order valence-electron chi connectivity index (χ0n) is 16.8. The Balaban J connectivity index is 1.42. The Hall–Kier alpha value is -3.72. The van der Waals surface area contributed by atoms with Crippen LogP contribution in [0, 0.1) is 6.92 Å². The van der Waals surface area contributed by atoms with Gasteiger partial charge in [-0.1, -0.05) is 35.5 Å². The molecule has 0 unspecified atom stereocenters. The van der Waals surface area contributed by atoms with Crippen LogP contribution in [-0.2, 0) is 16.1 Å². The first-order valence-corrected chi connectivity index (χ1v) is 10.2. The minimum Gasteiger partial charge on any atom is -0.485 e. The highest BCUT2D eigenvalue weighted by atomic mass is 32.1. The van der Waals surface area contributed by atoms with Gasteiger partial charge in [-0.25, -0.2) is 9.78 Å². The van der Waals surface area contributed by atoms with Gasteiger partial charge in [0, 0.05) is 6.07 Å². The monoisotopic (exact) mass is 437 g/mol. The van der Waals surface area contributed by atoms with Crippen molar-refractivity contribution in [3.8, 4) is 5.75 Å². The molecule has 0 spiro atoms. The van der Waals surface area contributed by atoms with Crippen LogP contribution in [0.2, 0.25) is 0 Å². The zero-order chi connectivity index (χ0) is 21.8. The van der Waals surface area contributed by atoms with Crippen LogP contribution in [0.15, 0.2) is 59.1 Å². The average molecular weight is 437 g/mol. The van der Waals surface area contributed by atoms with Crippen molar-refractivity contribution in [1.29, 1.82) is 0 Å². The number of methoxy groups -OCH3 is 1. The molecule has 0 saturated heterocycles. The van der Waals surface area contributed by atoms with E-state index in [0.717, 1.165) is 15.2 Å². The molecular weight excluding hydrogens is 418 g/mol. The van der Waals surface area contributed by atoms with Gasteiger partial charge in [0.05, 0.1) is 22.3 Å². The normalized spacial score (nSPS) is 11.8. The van der Waals surface area contributed by atoms with Crippen molar-refractivity contribution < 1.29 is 23.6 Å². The fourth-order valence-corrected chi connectivity index (χ4v) is 3.85. The Morgan fingerprint density at radius 2 is 1.97 bits per heavy atom. The second-order valence-corrected chi connectivity index (χ2v) is 7.90. The summed E-state index contributed by atoms with van der Waals surface area (Å²) >= 11 is 1.59. The van der Waals surface area contributed by atoms with Gasteiger partial charge in [-0.15, -0.1) is 11.3 Å². The summed E-state index contributed by atoms with van der Waals surface area (Å²) < 4.78 is 16.8. The molecule has 0 aliphatic rings. The number of benzene rings is 2. The highest BCUT2D eigenvalue weighted by Gasteiger charge is 2.25. The Bertz CT molecular complexity index is 1220. The van der Waals surface area contributed by atoms with Crippen molar-refractivity contribution in [3.63, 3.8) is 0 Å². The molecule has 4 aromatic rings. The summed E-state index contributed by atoms with van der Waals surface area (Å²) in [5.74, 6) is -0.107. The van der Waals surface area contributed by atoms with E-state index in [4.69, 9.17) is 14.0 Å². The number of nitrogens with one attached hydrogen (secondary N) is 1. The van der Waals surface area contributed by atoms with E-state index in [-0.39, 0.29) is 12.3 Å². The largest absolute Gasteiger partial charge is 0.485 e. The molecule has 0 bridgehead atoms. The fourth-order valence-electron chi connectivity index (χ4n) is 3.00. The molecule has 158 valence electrons. The SMILES string of the molecule is COC(=O)[C@@H](NC(=O)c1cc(COc2ccc3nc(C)sc3c2)on1)c1ccccc1. The summed E-state index contributed by atoms with van der Waals surface area (Å²) in [4.78, 5) is 29.1. The lowest BCUT2D eigenvalue weighted by atomic mass is 10.1. The van der Waals surface area contributed by atoms with Crippen molar-refractivity contribution in [2.24, 2.45) is 0 Å². The third-order valence-corrected chi connectivity index (χ3v) is 5.42. The third kappa shape index (κ3) is 4.72. The van der Waals surface area contributed by atoms with E-state index in [1.165, 1.54) is 13.2 Å². The number of rotatable bonds is 7. The summed E-state index contributed by atoms with van der Waals surface area (Å²) in [7, 11) is 1.26. The van der Waals surface area contributed by atoms with Crippen LogP contribution in [0.3, 0.4) is 0 Å². The lowest BCUT2D eigenvalue weighted by molar-refractivity contribution is -0.143. The van der Waals surface area contributed by atoms with Gasteiger partial charge in [-0.3, -0.25) is 4.79 Å². The van der Waals surface area contributed by atoms with Crippen LogP contribution in [0.5, 0.6) is 5.75 Å². The summed E-state index contributed by atoms with van der Waals surface area (Å²) in [6.45, 7) is 2.05. The molecule has 31 heavy (non-hydrogen) atoms. The Kier molecular flexibility index (Phi) is 5.94. The minimum absolute atomic E-state index is 0.0389. The van der Waals surface area contributed by atoms with Gasteiger partial charge >= 0.3 is 5.97 Å². The number of aromatic nitrogens is 2. The van der Waals surface area contributed by atoms with Crippen LogP contribution in [-0.4, -0.2) is 29.1 Å². The van der Waals surface area contributed by atoms with Crippen molar-refractivity contribution in [2.75, 3.05) is 7.11 Å². The van der Waals surface area contributed by atoms with Crippen molar-refractivity contribution in [3.05, 3.63) is 76.6 Å². The molecule has 2 aromatic heterocycles. The molecule has 4 rings (SSSR count). The van der Waals surface area contributed by atoms with Crippen LogP contribution >= 0.6 is 11.3 Å². The standard InChI is InChI=1S/C22H19N3O5S/c1-13-23-17-9-8-15(11-19(17)31-13)29-12-16-10-18(25-30-16)21(26)24-20(22(27)28-2)14-6-4-3-5-7-14/h3-11,20H,12H2,1-2H3,(H,24,26)/t20-/m0/s1. The topological polar surface area (TPSA) is 104 Å². The molecule has 1 amide bonds. The highest BCUT2D eigenvalue weighted by Crippen LogP contribution is 2.26. The number of fused-ring (bicyclic) bond motifs is 1.